The lowest BCUT2D eigenvalue weighted by atomic mass is 9.85. The van der Waals surface area contributed by atoms with Gasteiger partial charge < -0.3 is 9.84 Å². The molecule has 5 rings (SSSR count). The molecule has 7 heteroatoms. The highest BCUT2D eigenvalue weighted by Gasteiger charge is 2.33. The number of hydrogen-bond donors (Lipinski definition) is 1. The van der Waals surface area contributed by atoms with Gasteiger partial charge in [0.2, 0.25) is 0 Å². The Morgan fingerprint density at radius 3 is 2.67 bits per heavy atom. The molecule has 0 unspecified atom stereocenters. The highest BCUT2D eigenvalue weighted by molar-refractivity contribution is 5.85. The number of ether oxygens (including phenoxy) is 1. The molecule has 2 heterocycles. The van der Waals surface area contributed by atoms with E-state index in [2.05, 4.69) is 41.1 Å². The van der Waals surface area contributed by atoms with Gasteiger partial charge in [0.15, 0.2) is 0 Å². The summed E-state index contributed by atoms with van der Waals surface area (Å²) in [5.41, 5.74) is 7.25. The predicted octanol–water partition coefficient (Wildman–Crippen LogP) is 5.39. The van der Waals surface area contributed by atoms with Gasteiger partial charge in [-0.15, -0.1) is 24.8 Å². The minimum atomic E-state index is -0.678. The van der Waals surface area contributed by atoms with Gasteiger partial charge in [0, 0.05) is 25.0 Å². The second-order valence-corrected chi connectivity index (χ2v) is 8.56. The molecule has 0 amide bonds. The summed E-state index contributed by atoms with van der Waals surface area (Å²) in [4.78, 5) is 17.9. The van der Waals surface area contributed by atoms with Crippen molar-refractivity contribution in [2.45, 2.75) is 26.4 Å². The van der Waals surface area contributed by atoms with E-state index in [-0.39, 0.29) is 30.7 Å². The summed E-state index contributed by atoms with van der Waals surface area (Å²) in [5.74, 6) is -0.00653. The third-order valence-corrected chi connectivity index (χ3v) is 6.47. The number of para-hydroxylation sites is 1. The molecule has 0 radical (unpaired) electrons. The van der Waals surface area contributed by atoms with Crippen LogP contribution >= 0.6 is 24.8 Å². The fourth-order valence-electron chi connectivity index (χ4n) is 4.56. The Labute approximate surface area is 206 Å². The summed E-state index contributed by atoms with van der Waals surface area (Å²) in [7, 11) is 0. The number of allylic oxidation sites excluding steroid dienone is 1. The van der Waals surface area contributed by atoms with Crippen molar-refractivity contribution < 1.29 is 14.6 Å². The number of likely N-dealkylation sites (tertiary alicyclic amines) is 1. The van der Waals surface area contributed by atoms with E-state index in [1.165, 1.54) is 22.3 Å². The highest BCUT2D eigenvalue weighted by Crippen LogP contribution is 2.34. The van der Waals surface area contributed by atoms with Gasteiger partial charge in [0.1, 0.15) is 12.4 Å². The molecule has 1 N–H and O–H groups in total. The Morgan fingerprint density at radius 1 is 1.09 bits per heavy atom. The van der Waals surface area contributed by atoms with Crippen molar-refractivity contribution in [3.8, 4) is 5.75 Å². The molecule has 0 atom stereocenters. The van der Waals surface area contributed by atoms with Crippen LogP contribution in [0.3, 0.4) is 0 Å². The Bertz CT molecular complexity index is 1190. The molecule has 1 fully saturated rings. The molecule has 2 aromatic carbocycles. The molecule has 3 aromatic rings. The Kier molecular flexibility index (Phi) is 8.01. The van der Waals surface area contributed by atoms with Crippen LogP contribution in [0.2, 0.25) is 0 Å². The predicted molar refractivity (Wildman–Crippen MR) is 135 cm³/mol. The van der Waals surface area contributed by atoms with Gasteiger partial charge in [0.25, 0.3) is 0 Å². The molecule has 1 aliphatic carbocycles. The van der Waals surface area contributed by atoms with Crippen molar-refractivity contribution in [3.63, 3.8) is 0 Å². The van der Waals surface area contributed by atoms with E-state index in [0.717, 1.165) is 41.7 Å². The topological polar surface area (TPSA) is 62.7 Å². The van der Waals surface area contributed by atoms with Crippen LogP contribution in [0.5, 0.6) is 5.75 Å². The van der Waals surface area contributed by atoms with Gasteiger partial charge in [-0.05, 0) is 60.7 Å². The van der Waals surface area contributed by atoms with Crippen molar-refractivity contribution >= 4 is 47.3 Å². The number of carboxylic acids is 1. The fourth-order valence-corrected chi connectivity index (χ4v) is 4.56. The van der Waals surface area contributed by atoms with Crippen LogP contribution in [0.1, 0.15) is 30.2 Å². The average molecular weight is 487 g/mol. The first-order valence-corrected chi connectivity index (χ1v) is 10.8. The molecule has 5 nitrogen and oxygen atoms in total. The molecule has 1 aliphatic heterocycles. The van der Waals surface area contributed by atoms with Gasteiger partial charge in [-0.2, -0.15) is 0 Å². The van der Waals surface area contributed by atoms with E-state index in [1.54, 1.807) is 0 Å². The van der Waals surface area contributed by atoms with E-state index in [4.69, 9.17) is 9.84 Å². The first kappa shape index (κ1) is 25.0. The second kappa shape index (κ2) is 10.6. The lowest BCUT2D eigenvalue weighted by Gasteiger charge is -2.38. The molecular formula is C26H28Cl2N2O3. The zero-order chi connectivity index (χ0) is 21.4. The van der Waals surface area contributed by atoms with Crippen molar-refractivity contribution in [2.75, 3.05) is 19.6 Å². The standard InChI is InChI=1S/C26H26N2O3.2ClH/c1-17-20(13-28-14-21(15-28)26(29)30)7-6-19-12-23(10-11-24(17)19)31-16-22-9-8-18-4-2-3-5-25(18)27-22;;/h2-5,8-12,21H,6-7,13-16H2,1H3,(H,29,30);2*1H. The van der Waals surface area contributed by atoms with E-state index in [1.807, 2.05) is 30.3 Å². The lowest BCUT2D eigenvalue weighted by Crippen LogP contribution is -2.50. The average Bonchev–Trinajstić information content (AvgIpc) is 2.75. The van der Waals surface area contributed by atoms with E-state index in [9.17, 15) is 4.79 Å². The molecular weight excluding hydrogens is 459 g/mol. The number of aromatic nitrogens is 1. The molecule has 0 spiro atoms. The molecule has 1 saturated heterocycles. The van der Waals surface area contributed by atoms with E-state index in [0.29, 0.717) is 19.7 Å². The minimum Gasteiger partial charge on any atom is -0.487 e. The molecule has 1 aromatic heterocycles. The molecule has 0 saturated carbocycles. The zero-order valence-electron chi connectivity index (χ0n) is 18.5. The number of aliphatic carboxylic acids is 1. The van der Waals surface area contributed by atoms with Crippen molar-refractivity contribution in [3.05, 3.63) is 77.0 Å². The summed E-state index contributed by atoms with van der Waals surface area (Å²) in [5, 5.41) is 10.2. The molecule has 2 aliphatic rings. The molecule has 174 valence electrons. The summed E-state index contributed by atoms with van der Waals surface area (Å²) in [6, 6.07) is 18.6. The third-order valence-electron chi connectivity index (χ3n) is 6.47. The Morgan fingerprint density at radius 2 is 1.88 bits per heavy atom. The maximum Gasteiger partial charge on any atom is 0.309 e. The number of aryl methyl sites for hydroxylation is 1. The van der Waals surface area contributed by atoms with Crippen LogP contribution in [0.4, 0.5) is 0 Å². The van der Waals surface area contributed by atoms with Gasteiger partial charge in [0.05, 0.1) is 17.1 Å². The summed E-state index contributed by atoms with van der Waals surface area (Å²) in [6.45, 7) is 4.83. The molecule has 0 bridgehead atoms. The number of carboxylic acid groups (broad SMARTS) is 1. The summed E-state index contributed by atoms with van der Waals surface area (Å²) < 4.78 is 6.05. The lowest BCUT2D eigenvalue weighted by molar-refractivity contribution is -0.147. The van der Waals surface area contributed by atoms with Crippen LogP contribution in [0.15, 0.2) is 60.2 Å². The number of fused-ring (bicyclic) bond motifs is 2. The highest BCUT2D eigenvalue weighted by atomic mass is 35.5. The Balaban J connectivity index is 0.00000153. The van der Waals surface area contributed by atoms with Crippen LogP contribution in [-0.4, -0.2) is 40.6 Å². The number of carbonyl (C=O) groups is 1. The van der Waals surface area contributed by atoms with Crippen LogP contribution < -0.4 is 4.74 Å². The van der Waals surface area contributed by atoms with Gasteiger partial charge in [-0.1, -0.05) is 35.9 Å². The maximum absolute atomic E-state index is 11.0. The third kappa shape index (κ3) is 5.32. The van der Waals surface area contributed by atoms with Crippen LogP contribution in [0, 0.1) is 5.92 Å². The Hall–Kier alpha value is -2.60. The molecule has 33 heavy (non-hydrogen) atoms. The number of rotatable bonds is 6. The first-order valence-electron chi connectivity index (χ1n) is 10.8. The second-order valence-electron chi connectivity index (χ2n) is 8.56. The maximum atomic E-state index is 11.0. The van der Waals surface area contributed by atoms with Gasteiger partial charge in [-0.25, -0.2) is 4.98 Å². The summed E-state index contributed by atoms with van der Waals surface area (Å²) in [6.07, 6.45) is 2.01. The van der Waals surface area contributed by atoms with Crippen LogP contribution in [-0.2, 0) is 17.8 Å². The van der Waals surface area contributed by atoms with E-state index >= 15 is 0 Å². The SMILES string of the molecule is CC1=C(CN2CC(C(=O)O)C2)CCc2cc(OCc3ccc4ccccc4n3)ccc21.Cl.Cl. The monoisotopic (exact) mass is 486 g/mol. The van der Waals surface area contributed by atoms with Crippen molar-refractivity contribution in [2.24, 2.45) is 5.92 Å². The smallest absolute Gasteiger partial charge is 0.309 e. The van der Waals surface area contributed by atoms with Crippen LogP contribution in [0.25, 0.3) is 16.5 Å². The number of hydrogen-bond acceptors (Lipinski definition) is 4. The quantitative estimate of drug-likeness (QED) is 0.505. The number of pyridine rings is 1. The van der Waals surface area contributed by atoms with Crippen molar-refractivity contribution in [1.29, 1.82) is 0 Å². The fraction of sp³-hybridized carbons (Fsp3) is 0.308. The normalized spacial score (nSPS) is 15.8. The minimum absolute atomic E-state index is 0. The number of halogens is 2. The first-order chi connectivity index (χ1) is 15.1. The largest absolute Gasteiger partial charge is 0.487 e. The van der Waals surface area contributed by atoms with Gasteiger partial charge in [-0.3, -0.25) is 9.69 Å². The van der Waals surface area contributed by atoms with E-state index < -0.39 is 5.97 Å². The number of nitrogens with zero attached hydrogens (tertiary/aromatic N) is 2. The zero-order valence-corrected chi connectivity index (χ0v) is 20.1. The summed E-state index contributed by atoms with van der Waals surface area (Å²) >= 11 is 0. The number of benzene rings is 2. The van der Waals surface area contributed by atoms with Crippen molar-refractivity contribution in [1.82, 2.24) is 9.88 Å². The van der Waals surface area contributed by atoms with Gasteiger partial charge >= 0.3 is 5.97 Å².